The van der Waals surface area contributed by atoms with Crippen molar-refractivity contribution < 1.29 is 9.13 Å². The summed E-state index contributed by atoms with van der Waals surface area (Å²) < 4.78 is 20.6. The molecule has 2 aromatic rings. The minimum absolute atomic E-state index is 0.295. The SMILES string of the molecule is Cc1nc(COc2cccc(F)c2)cn1C(C)C. The Bertz CT molecular complexity index is 534. The first-order chi connectivity index (χ1) is 8.56. The molecule has 0 aliphatic heterocycles. The van der Waals surface area contributed by atoms with Gasteiger partial charge in [-0.05, 0) is 32.9 Å². The minimum Gasteiger partial charge on any atom is -0.487 e. The van der Waals surface area contributed by atoms with Gasteiger partial charge >= 0.3 is 0 Å². The van der Waals surface area contributed by atoms with E-state index in [1.807, 2.05) is 13.1 Å². The standard InChI is InChI=1S/C14H17FN2O/c1-10(2)17-8-13(16-11(17)3)9-18-14-6-4-5-12(15)7-14/h4-8,10H,9H2,1-3H3. The molecular weight excluding hydrogens is 231 g/mol. The molecule has 0 N–H and O–H groups in total. The van der Waals surface area contributed by atoms with E-state index in [0.717, 1.165) is 11.5 Å². The smallest absolute Gasteiger partial charge is 0.132 e. The van der Waals surface area contributed by atoms with E-state index < -0.39 is 0 Å². The molecule has 0 aliphatic carbocycles. The number of halogens is 1. The Morgan fingerprint density at radius 1 is 1.39 bits per heavy atom. The molecule has 2 rings (SSSR count). The molecule has 0 saturated carbocycles. The summed E-state index contributed by atoms with van der Waals surface area (Å²) in [7, 11) is 0. The molecule has 3 nitrogen and oxygen atoms in total. The van der Waals surface area contributed by atoms with Crippen LogP contribution in [0, 0.1) is 12.7 Å². The van der Waals surface area contributed by atoms with E-state index in [2.05, 4.69) is 23.4 Å². The Morgan fingerprint density at radius 2 is 2.17 bits per heavy atom. The largest absolute Gasteiger partial charge is 0.487 e. The van der Waals surface area contributed by atoms with E-state index in [-0.39, 0.29) is 5.82 Å². The lowest BCUT2D eigenvalue weighted by Gasteiger charge is -2.07. The fourth-order valence-electron chi connectivity index (χ4n) is 1.85. The van der Waals surface area contributed by atoms with Crippen LogP contribution >= 0.6 is 0 Å². The first-order valence-corrected chi connectivity index (χ1v) is 5.99. The molecule has 1 heterocycles. The van der Waals surface area contributed by atoms with Crippen molar-refractivity contribution in [1.82, 2.24) is 9.55 Å². The molecule has 0 fully saturated rings. The average molecular weight is 248 g/mol. The summed E-state index contributed by atoms with van der Waals surface area (Å²) in [5, 5.41) is 0. The molecule has 0 spiro atoms. The fraction of sp³-hybridized carbons (Fsp3) is 0.357. The predicted molar refractivity (Wildman–Crippen MR) is 68.1 cm³/mol. The molecule has 1 aromatic heterocycles. The third-order valence-electron chi connectivity index (χ3n) is 2.71. The lowest BCUT2D eigenvalue weighted by molar-refractivity contribution is 0.300. The summed E-state index contributed by atoms with van der Waals surface area (Å²) in [4.78, 5) is 4.41. The number of nitrogens with zero attached hydrogens (tertiary/aromatic N) is 2. The van der Waals surface area contributed by atoms with Gasteiger partial charge in [0.1, 0.15) is 24.0 Å². The Morgan fingerprint density at radius 3 is 2.78 bits per heavy atom. The van der Waals surface area contributed by atoms with Crippen LogP contribution < -0.4 is 4.74 Å². The van der Waals surface area contributed by atoms with Crippen LogP contribution in [0.2, 0.25) is 0 Å². The molecule has 0 saturated heterocycles. The summed E-state index contributed by atoms with van der Waals surface area (Å²) in [6.07, 6.45) is 1.97. The molecule has 0 atom stereocenters. The van der Waals surface area contributed by atoms with Gasteiger partial charge in [0, 0.05) is 18.3 Å². The average Bonchev–Trinajstić information content (AvgIpc) is 2.68. The lowest BCUT2D eigenvalue weighted by atomic mass is 10.3. The molecule has 96 valence electrons. The van der Waals surface area contributed by atoms with Crippen molar-refractivity contribution in [2.75, 3.05) is 0 Å². The molecule has 4 heteroatoms. The zero-order valence-corrected chi connectivity index (χ0v) is 10.9. The van der Waals surface area contributed by atoms with Crippen molar-refractivity contribution in [1.29, 1.82) is 0 Å². The van der Waals surface area contributed by atoms with Crippen LogP contribution in [-0.2, 0) is 6.61 Å². The van der Waals surface area contributed by atoms with Gasteiger partial charge < -0.3 is 9.30 Å². The van der Waals surface area contributed by atoms with E-state index in [4.69, 9.17) is 4.74 Å². The number of hydrogen-bond donors (Lipinski definition) is 0. The van der Waals surface area contributed by atoms with Gasteiger partial charge in [0.2, 0.25) is 0 Å². The lowest BCUT2D eigenvalue weighted by Crippen LogP contribution is -2.00. The van der Waals surface area contributed by atoms with Crippen molar-refractivity contribution >= 4 is 0 Å². The summed E-state index contributed by atoms with van der Waals surface area (Å²) >= 11 is 0. The molecule has 1 aromatic carbocycles. The summed E-state index contributed by atoms with van der Waals surface area (Å²) in [6, 6.07) is 6.50. The number of hydrogen-bond acceptors (Lipinski definition) is 2. The van der Waals surface area contributed by atoms with E-state index in [1.54, 1.807) is 12.1 Å². The van der Waals surface area contributed by atoms with Gasteiger partial charge in [-0.2, -0.15) is 0 Å². The van der Waals surface area contributed by atoms with Crippen molar-refractivity contribution in [3.05, 3.63) is 47.8 Å². The Kier molecular flexibility index (Phi) is 3.65. The second kappa shape index (κ2) is 5.21. The predicted octanol–water partition coefficient (Wildman–Crippen LogP) is 3.49. The third-order valence-corrected chi connectivity index (χ3v) is 2.71. The van der Waals surface area contributed by atoms with Crippen LogP contribution in [0.3, 0.4) is 0 Å². The van der Waals surface area contributed by atoms with Crippen LogP contribution in [0.4, 0.5) is 4.39 Å². The second-order valence-electron chi connectivity index (χ2n) is 4.53. The highest BCUT2D eigenvalue weighted by atomic mass is 19.1. The first kappa shape index (κ1) is 12.6. The molecule has 18 heavy (non-hydrogen) atoms. The van der Waals surface area contributed by atoms with Crippen LogP contribution in [0.5, 0.6) is 5.75 Å². The van der Waals surface area contributed by atoms with E-state index >= 15 is 0 Å². The number of benzene rings is 1. The Hall–Kier alpha value is -1.84. The Balaban J connectivity index is 2.04. The van der Waals surface area contributed by atoms with Gasteiger partial charge in [0.25, 0.3) is 0 Å². The molecule has 0 unspecified atom stereocenters. The van der Waals surface area contributed by atoms with E-state index in [1.165, 1.54) is 12.1 Å². The molecule has 0 bridgehead atoms. The van der Waals surface area contributed by atoms with Crippen LogP contribution in [0.25, 0.3) is 0 Å². The third kappa shape index (κ3) is 2.88. The molecule has 0 radical (unpaired) electrons. The monoisotopic (exact) mass is 248 g/mol. The van der Waals surface area contributed by atoms with Gasteiger partial charge in [-0.25, -0.2) is 9.37 Å². The quantitative estimate of drug-likeness (QED) is 0.828. The maximum atomic E-state index is 13.0. The van der Waals surface area contributed by atoms with Crippen LogP contribution in [-0.4, -0.2) is 9.55 Å². The zero-order valence-electron chi connectivity index (χ0n) is 10.9. The summed E-state index contributed by atoms with van der Waals surface area (Å²) in [5.41, 5.74) is 0.852. The number of imidazole rings is 1. The number of rotatable bonds is 4. The highest BCUT2D eigenvalue weighted by Crippen LogP contribution is 2.15. The summed E-state index contributed by atoms with van der Waals surface area (Å²) in [6.45, 7) is 6.52. The Labute approximate surface area is 106 Å². The van der Waals surface area contributed by atoms with Gasteiger partial charge in [-0.1, -0.05) is 6.07 Å². The highest BCUT2D eigenvalue weighted by Gasteiger charge is 2.07. The van der Waals surface area contributed by atoms with Gasteiger partial charge in [0.15, 0.2) is 0 Å². The fourth-order valence-corrected chi connectivity index (χ4v) is 1.85. The number of aromatic nitrogens is 2. The normalized spacial score (nSPS) is 10.9. The van der Waals surface area contributed by atoms with E-state index in [0.29, 0.717) is 18.4 Å². The highest BCUT2D eigenvalue weighted by molar-refractivity contribution is 5.22. The molecular formula is C14H17FN2O. The topological polar surface area (TPSA) is 27.1 Å². The maximum Gasteiger partial charge on any atom is 0.132 e. The van der Waals surface area contributed by atoms with Gasteiger partial charge in [-0.3, -0.25) is 0 Å². The van der Waals surface area contributed by atoms with Gasteiger partial charge in [-0.15, -0.1) is 0 Å². The van der Waals surface area contributed by atoms with Crippen LogP contribution in [0.15, 0.2) is 30.5 Å². The maximum absolute atomic E-state index is 13.0. The second-order valence-corrected chi connectivity index (χ2v) is 4.53. The van der Waals surface area contributed by atoms with Crippen molar-refractivity contribution in [3.8, 4) is 5.75 Å². The van der Waals surface area contributed by atoms with Crippen molar-refractivity contribution in [2.45, 2.75) is 33.4 Å². The zero-order chi connectivity index (χ0) is 13.1. The first-order valence-electron chi connectivity index (χ1n) is 5.99. The van der Waals surface area contributed by atoms with Gasteiger partial charge in [0.05, 0.1) is 5.69 Å². The van der Waals surface area contributed by atoms with E-state index in [9.17, 15) is 4.39 Å². The van der Waals surface area contributed by atoms with Crippen LogP contribution in [0.1, 0.15) is 31.4 Å². The minimum atomic E-state index is -0.295. The molecule has 0 amide bonds. The number of aryl methyl sites for hydroxylation is 1. The van der Waals surface area contributed by atoms with Crippen molar-refractivity contribution in [3.63, 3.8) is 0 Å². The summed E-state index contributed by atoms with van der Waals surface area (Å²) in [5.74, 6) is 1.19. The van der Waals surface area contributed by atoms with Crippen molar-refractivity contribution in [2.24, 2.45) is 0 Å². The number of ether oxygens (including phenoxy) is 1. The molecule has 0 aliphatic rings.